The van der Waals surface area contributed by atoms with Gasteiger partial charge >= 0.3 is 0 Å². The van der Waals surface area contributed by atoms with Crippen molar-refractivity contribution in [1.82, 2.24) is 10.2 Å². The van der Waals surface area contributed by atoms with Gasteiger partial charge in [-0.15, -0.1) is 0 Å². The minimum absolute atomic E-state index is 0.0445. The van der Waals surface area contributed by atoms with Gasteiger partial charge < -0.3 is 10.2 Å². The zero-order valence-electron chi connectivity index (χ0n) is 19.1. The second-order valence-electron chi connectivity index (χ2n) is 7.89. The maximum atomic E-state index is 13.5. The number of sulfonamides is 1. The lowest BCUT2D eigenvalue weighted by Crippen LogP contribution is -2.52. The van der Waals surface area contributed by atoms with Crippen LogP contribution in [-0.4, -0.2) is 50.0 Å². The number of benzene rings is 2. The van der Waals surface area contributed by atoms with Gasteiger partial charge in [-0.2, -0.15) is 0 Å². The van der Waals surface area contributed by atoms with Gasteiger partial charge in [0.1, 0.15) is 12.6 Å². The fourth-order valence-electron chi connectivity index (χ4n) is 3.13. The molecule has 0 bridgehead atoms. The minimum atomic E-state index is -3.75. The molecule has 0 aliphatic heterocycles. The van der Waals surface area contributed by atoms with Crippen LogP contribution in [0.25, 0.3) is 0 Å². The highest BCUT2D eigenvalue weighted by Gasteiger charge is 2.30. The van der Waals surface area contributed by atoms with Crippen molar-refractivity contribution in [3.63, 3.8) is 0 Å². The van der Waals surface area contributed by atoms with Gasteiger partial charge in [0.25, 0.3) is 0 Å². The van der Waals surface area contributed by atoms with E-state index in [1.54, 1.807) is 31.2 Å². The van der Waals surface area contributed by atoms with Crippen molar-refractivity contribution in [2.45, 2.75) is 45.8 Å². The summed E-state index contributed by atoms with van der Waals surface area (Å²) in [7, 11) is -3.75. The number of anilines is 1. The van der Waals surface area contributed by atoms with E-state index >= 15 is 0 Å². The predicted octanol–water partition coefficient (Wildman–Crippen LogP) is 4.31. The van der Waals surface area contributed by atoms with Gasteiger partial charge in [-0.1, -0.05) is 57.0 Å². The average Bonchev–Trinajstić information content (AvgIpc) is 2.74. The monoisotopic (exact) mass is 601 g/mol. The first-order chi connectivity index (χ1) is 15.4. The van der Waals surface area contributed by atoms with E-state index in [9.17, 15) is 18.0 Å². The molecule has 180 valence electrons. The Kier molecular flexibility index (Phi) is 9.93. The summed E-state index contributed by atoms with van der Waals surface area (Å²) in [6.07, 6.45) is 1.81. The molecule has 7 nitrogen and oxygen atoms in total. The number of hydrogen-bond donors (Lipinski definition) is 1. The van der Waals surface area contributed by atoms with Crippen molar-refractivity contribution in [2.75, 3.05) is 17.1 Å². The Morgan fingerprint density at radius 1 is 1.03 bits per heavy atom. The van der Waals surface area contributed by atoms with E-state index in [-0.39, 0.29) is 18.5 Å². The van der Waals surface area contributed by atoms with Gasteiger partial charge in [0.15, 0.2) is 0 Å². The second-order valence-corrected chi connectivity index (χ2v) is 11.6. The maximum Gasteiger partial charge on any atom is 0.244 e. The van der Waals surface area contributed by atoms with E-state index in [1.165, 1.54) is 4.90 Å². The molecule has 2 atom stereocenters. The molecule has 0 saturated carbocycles. The normalized spacial score (nSPS) is 13.2. The SMILES string of the molecule is CC[C@@H](C)NC(=O)[C@H](C)N(Cc1cccc(Br)c1)C(=O)CN(c1cccc(Br)c1)S(C)(=O)=O. The van der Waals surface area contributed by atoms with Crippen LogP contribution in [-0.2, 0) is 26.2 Å². The zero-order valence-corrected chi connectivity index (χ0v) is 23.1. The number of nitrogens with one attached hydrogen (secondary N) is 1. The maximum absolute atomic E-state index is 13.5. The summed E-state index contributed by atoms with van der Waals surface area (Å²) < 4.78 is 27.7. The lowest BCUT2D eigenvalue weighted by molar-refractivity contribution is -0.139. The first-order valence-corrected chi connectivity index (χ1v) is 13.9. The average molecular weight is 603 g/mol. The lowest BCUT2D eigenvalue weighted by atomic mass is 10.1. The summed E-state index contributed by atoms with van der Waals surface area (Å²) in [6.45, 7) is 5.23. The van der Waals surface area contributed by atoms with Crippen molar-refractivity contribution in [2.24, 2.45) is 0 Å². The number of carbonyl (C=O) groups excluding carboxylic acids is 2. The number of carbonyl (C=O) groups is 2. The largest absolute Gasteiger partial charge is 0.352 e. The topological polar surface area (TPSA) is 86.8 Å². The highest BCUT2D eigenvalue weighted by molar-refractivity contribution is 9.10. The first-order valence-electron chi connectivity index (χ1n) is 10.5. The Morgan fingerprint density at radius 2 is 1.64 bits per heavy atom. The molecule has 0 spiro atoms. The van der Waals surface area contributed by atoms with Crippen LogP contribution in [0, 0.1) is 0 Å². The van der Waals surface area contributed by atoms with Crippen LogP contribution in [0.1, 0.15) is 32.8 Å². The third-order valence-electron chi connectivity index (χ3n) is 5.19. The van der Waals surface area contributed by atoms with Crippen molar-refractivity contribution >= 4 is 59.4 Å². The molecule has 0 aliphatic carbocycles. The van der Waals surface area contributed by atoms with Crippen molar-refractivity contribution in [1.29, 1.82) is 0 Å². The zero-order chi connectivity index (χ0) is 24.8. The summed E-state index contributed by atoms with van der Waals surface area (Å²) in [5.41, 5.74) is 1.17. The van der Waals surface area contributed by atoms with E-state index in [2.05, 4.69) is 37.2 Å². The van der Waals surface area contributed by atoms with Gasteiger partial charge in [0.05, 0.1) is 11.9 Å². The van der Waals surface area contributed by atoms with E-state index < -0.39 is 28.5 Å². The number of nitrogens with zero attached hydrogens (tertiary/aromatic N) is 2. The Balaban J connectivity index is 2.38. The standard InChI is InChI=1S/C23H29Br2N3O4S/c1-5-16(2)26-23(30)17(3)27(14-18-8-6-9-19(24)12-18)22(29)15-28(33(4,31)32)21-11-7-10-20(25)13-21/h6-13,16-17H,5,14-15H2,1-4H3,(H,26,30)/t16-,17+/m1/s1. The molecular formula is C23H29Br2N3O4S. The van der Waals surface area contributed by atoms with E-state index in [1.807, 2.05) is 38.1 Å². The highest BCUT2D eigenvalue weighted by Crippen LogP contribution is 2.23. The molecule has 1 N–H and O–H groups in total. The number of amides is 2. The molecule has 0 saturated heterocycles. The molecule has 33 heavy (non-hydrogen) atoms. The summed E-state index contributed by atoms with van der Waals surface area (Å²) in [4.78, 5) is 27.7. The van der Waals surface area contributed by atoms with Crippen LogP contribution < -0.4 is 9.62 Å². The van der Waals surface area contributed by atoms with Crippen LogP contribution >= 0.6 is 31.9 Å². The van der Waals surface area contributed by atoms with Crippen molar-refractivity contribution in [3.05, 3.63) is 63.0 Å². The number of rotatable bonds is 10. The predicted molar refractivity (Wildman–Crippen MR) is 138 cm³/mol. The van der Waals surface area contributed by atoms with Crippen LogP contribution in [0.15, 0.2) is 57.5 Å². The minimum Gasteiger partial charge on any atom is -0.352 e. The Labute approximate surface area is 212 Å². The molecular weight excluding hydrogens is 574 g/mol. The van der Waals surface area contributed by atoms with Crippen LogP contribution in [0.3, 0.4) is 0 Å². The Bertz CT molecular complexity index is 1090. The second kappa shape index (κ2) is 12.0. The summed E-state index contributed by atoms with van der Waals surface area (Å²) in [6, 6.07) is 13.3. The van der Waals surface area contributed by atoms with Crippen LogP contribution in [0.2, 0.25) is 0 Å². The molecule has 0 aliphatic rings. The van der Waals surface area contributed by atoms with Crippen LogP contribution in [0.5, 0.6) is 0 Å². The molecule has 2 aromatic rings. The molecule has 2 rings (SSSR count). The fourth-order valence-corrected chi connectivity index (χ4v) is 4.80. The van der Waals surface area contributed by atoms with Crippen LogP contribution in [0.4, 0.5) is 5.69 Å². The molecule has 2 aromatic carbocycles. The lowest BCUT2D eigenvalue weighted by Gasteiger charge is -2.32. The summed E-state index contributed by atoms with van der Waals surface area (Å²) in [5, 5.41) is 2.90. The van der Waals surface area contributed by atoms with Gasteiger partial charge in [-0.05, 0) is 56.2 Å². The van der Waals surface area contributed by atoms with E-state index in [0.29, 0.717) is 10.2 Å². The summed E-state index contributed by atoms with van der Waals surface area (Å²) >= 11 is 6.77. The molecule has 2 amide bonds. The third kappa shape index (κ3) is 8.12. The molecule has 0 fully saturated rings. The Morgan fingerprint density at radius 3 is 2.18 bits per heavy atom. The summed E-state index contributed by atoms with van der Waals surface area (Å²) in [5.74, 6) is -0.770. The number of halogens is 2. The first kappa shape index (κ1) is 27.3. The van der Waals surface area contributed by atoms with Gasteiger partial charge in [0, 0.05) is 21.5 Å². The van der Waals surface area contributed by atoms with Gasteiger partial charge in [-0.3, -0.25) is 13.9 Å². The van der Waals surface area contributed by atoms with E-state index in [0.717, 1.165) is 27.0 Å². The van der Waals surface area contributed by atoms with E-state index in [4.69, 9.17) is 0 Å². The molecule has 10 heteroatoms. The van der Waals surface area contributed by atoms with Crippen molar-refractivity contribution in [3.8, 4) is 0 Å². The molecule has 0 heterocycles. The molecule has 0 aromatic heterocycles. The quantitative estimate of drug-likeness (QED) is 0.439. The number of hydrogen-bond acceptors (Lipinski definition) is 4. The highest BCUT2D eigenvalue weighted by atomic mass is 79.9. The molecule has 0 radical (unpaired) electrons. The Hall–Kier alpha value is -1.91. The van der Waals surface area contributed by atoms with Gasteiger partial charge in [0.2, 0.25) is 21.8 Å². The third-order valence-corrected chi connectivity index (χ3v) is 7.31. The van der Waals surface area contributed by atoms with Crippen molar-refractivity contribution < 1.29 is 18.0 Å². The fraction of sp³-hybridized carbons (Fsp3) is 0.391. The smallest absolute Gasteiger partial charge is 0.244 e. The molecule has 0 unspecified atom stereocenters. The van der Waals surface area contributed by atoms with Gasteiger partial charge in [-0.25, -0.2) is 8.42 Å².